The van der Waals surface area contributed by atoms with Crippen LogP contribution in [0.5, 0.6) is 0 Å². The van der Waals surface area contributed by atoms with Crippen molar-refractivity contribution >= 4 is 5.91 Å². The molecule has 0 atom stereocenters. The summed E-state index contributed by atoms with van der Waals surface area (Å²) in [5.41, 5.74) is 0. The highest BCUT2D eigenvalue weighted by atomic mass is 16.1. The van der Waals surface area contributed by atoms with Crippen LogP contribution in [0, 0.1) is 17.8 Å². The smallest absolute Gasteiger partial charge is 0.222 e. The fraction of sp³-hybridized carbons (Fsp3) is 0.750. The number of amides is 1. The maximum absolute atomic E-state index is 11.0. The first-order valence-corrected chi connectivity index (χ1v) is 5.42. The maximum Gasteiger partial charge on any atom is 0.222 e. The molecule has 2 heteroatoms. The van der Waals surface area contributed by atoms with E-state index in [1.54, 1.807) is 0 Å². The summed E-state index contributed by atoms with van der Waals surface area (Å²) < 4.78 is 0. The van der Waals surface area contributed by atoms with E-state index in [0.29, 0.717) is 6.54 Å². The summed E-state index contributed by atoms with van der Waals surface area (Å²) >= 11 is 0. The Hall–Kier alpha value is -0.970. The fourth-order valence-electron chi connectivity index (χ4n) is 0.666. The summed E-state index contributed by atoms with van der Waals surface area (Å²) in [6.45, 7) is 10.4. The Balaban J connectivity index is 0. The normalized spacial score (nSPS) is 8.14. The van der Waals surface area contributed by atoms with Crippen LogP contribution in [0.15, 0.2) is 0 Å². The first kappa shape index (κ1) is 15.5. The highest BCUT2D eigenvalue weighted by Gasteiger charge is 2.03. The van der Waals surface area contributed by atoms with Crippen molar-refractivity contribution in [1.82, 2.24) is 5.32 Å². The average Bonchev–Trinajstić information content (AvgIpc) is 2.20. The summed E-state index contributed by atoms with van der Waals surface area (Å²) in [6.07, 6.45) is 1.64. The van der Waals surface area contributed by atoms with Crippen molar-refractivity contribution in [2.24, 2.45) is 5.92 Å². The van der Waals surface area contributed by atoms with Crippen LogP contribution in [0.3, 0.4) is 0 Å². The Bertz CT molecular complexity index is 186. The monoisotopic (exact) mass is 197 g/mol. The summed E-state index contributed by atoms with van der Waals surface area (Å²) in [6, 6.07) is 0. The minimum Gasteiger partial charge on any atom is -0.355 e. The lowest BCUT2D eigenvalue weighted by Crippen LogP contribution is -2.28. The van der Waals surface area contributed by atoms with Crippen molar-refractivity contribution in [3.8, 4) is 11.8 Å². The maximum atomic E-state index is 11.0. The van der Waals surface area contributed by atoms with Gasteiger partial charge in [0.1, 0.15) is 0 Å². The molecule has 82 valence electrons. The number of hydrogen-bond donors (Lipinski definition) is 1. The second-order valence-corrected chi connectivity index (χ2v) is 2.90. The molecular weight excluding hydrogens is 174 g/mol. The molecule has 0 aliphatic carbocycles. The van der Waals surface area contributed by atoms with Crippen molar-refractivity contribution in [3.05, 3.63) is 0 Å². The van der Waals surface area contributed by atoms with Gasteiger partial charge in [-0.05, 0) is 0 Å². The number of hydrogen-bond acceptors (Lipinski definition) is 1. The molecule has 0 aromatic rings. The Morgan fingerprint density at radius 1 is 1.29 bits per heavy atom. The quantitative estimate of drug-likeness (QED) is 0.547. The standard InChI is InChI=1S/C10H17NO.C2H6/c1-4-5-6-7-8-11-10(12)9(2)3;1-2/h9H,4,7-8H2,1-3H3,(H,11,12);1-2H3. The van der Waals surface area contributed by atoms with E-state index < -0.39 is 0 Å². The molecule has 14 heavy (non-hydrogen) atoms. The molecule has 0 saturated heterocycles. The third kappa shape index (κ3) is 11.0. The van der Waals surface area contributed by atoms with Crippen LogP contribution in [0.4, 0.5) is 0 Å². The molecular formula is C12H23NO. The predicted octanol–water partition coefficient (Wildman–Crippen LogP) is 2.59. The van der Waals surface area contributed by atoms with E-state index in [4.69, 9.17) is 0 Å². The van der Waals surface area contributed by atoms with Gasteiger partial charge in [-0.3, -0.25) is 4.79 Å². The molecule has 0 aliphatic rings. The lowest BCUT2D eigenvalue weighted by Gasteiger charge is -2.04. The van der Waals surface area contributed by atoms with Gasteiger partial charge in [-0.25, -0.2) is 0 Å². The zero-order valence-corrected chi connectivity index (χ0v) is 10.1. The fourth-order valence-corrected chi connectivity index (χ4v) is 0.666. The summed E-state index contributed by atoms with van der Waals surface area (Å²) in [4.78, 5) is 11.0. The van der Waals surface area contributed by atoms with Crippen molar-refractivity contribution in [3.63, 3.8) is 0 Å². The molecule has 0 rings (SSSR count). The van der Waals surface area contributed by atoms with Crippen LogP contribution in [0.2, 0.25) is 0 Å². The van der Waals surface area contributed by atoms with E-state index in [2.05, 4.69) is 17.2 Å². The highest BCUT2D eigenvalue weighted by molar-refractivity contribution is 5.77. The van der Waals surface area contributed by atoms with Gasteiger partial charge in [0.05, 0.1) is 0 Å². The van der Waals surface area contributed by atoms with Gasteiger partial charge in [-0.1, -0.05) is 34.6 Å². The third-order valence-electron chi connectivity index (χ3n) is 1.38. The largest absolute Gasteiger partial charge is 0.355 e. The van der Waals surface area contributed by atoms with E-state index in [1.165, 1.54) is 0 Å². The van der Waals surface area contributed by atoms with E-state index in [1.807, 2.05) is 34.6 Å². The molecule has 0 bridgehead atoms. The molecule has 1 amide bonds. The third-order valence-corrected chi connectivity index (χ3v) is 1.38. The lowest BCUT2D eigenvalue weighted by atomic mass is 10.2. The Labute approximate surface area is 88.5 Å². The van der Waals surface area contributed by atoms with E-state index in [9.17, 15) is 4.79 Å². The molecule has 0 spiro atoms. The average molecular weight is 197 g/mol. The van der Waals surface area contributed by atoms with E-state index in [-0.39, 0.29) is 11.8 Å². The minimum atomic E-state index is 0.0733. The van der Waals surface area contributed by atoms with Gasteiger partial charge in [0.15, 0.2) is 0 Å². The Morgan fingerprint density at radius 2 is 1.86 bits per heavy atom. The van der Waals surface area contributed by atoms with Gasteiger partial charge in [0.25, 0.3) is 0 Å². The van der Waals surface area contributed by atoms with Crippen LogP contribution in [-0.4, -0.2) is 12.5 Å². The molecule has 0 heterocycles. The zero-order chi connectivity index (χ0) is 11.4. The molecule has 1 N–H and O–H groups in total. The molecule has 0 fully saturated rings. The lowest BCUT2D eigenvalue weighted by molar-refractivity contribution is -0.123. The molecule has 0 aliphatic heterocycles. The van der Waals surface area contributed by atoms with Crippen molar-refractivity contribution < 1.29 is 4.79 Å². The van der Waals surface area contributed by atoms with Gasteiger partial charge in [0.2, 0.25) is 5.91 Å². The first-order chi connectivity index (χ1) is 6.68. The van der Waals surface area contributed by atoms with Crippen LogP contribution in [0.25, 0.3) is 0 Å². The number of nitrogens with one attached hydrogen (secondary N) is 1. The van der Waals surface area contributed by atoms with Gasteiger partial charge in [-0.15, -0.1) is 11.8 Å². The second-order valence-electron chi connectivity index (χ2n) is 2.90. The Kier molecular flexibility index (Phi) is 13.3. The van der Waals surface area contributed by atoms with Gasteiger partial charge < -0.3 is 5.32 Å². The van der Waals surface area contributed by atoms with Crippen molar-refractivity contribution in [2.45, 2.75) is 47.5 Å². The minimum absolute atomic E-state index is 0.0733. The molecule has 0 aromatic carbocycles. The van der Waals surface area contributed by atoms with Crippen LogP contribution < -0.4 is 5.32 Å². The summed E-state index contributed by atoms with van der Waals surface area (Å²) in [5.74, 6) is 6.09. The van der Waals surface area contributed by atoms with Gasteiger partial charge >= 0.3 is 0 Å². The molecule has 0 radical (unpaired) electrons. The molecule has 0 unspecified atom stereocenters. The zero-order valence-electron chi connectivity index (χ0n) is 10.1. The summed E-state index contributed by atoms with van der Waals surface area (Å²) in [5, 5.41) is 2.80. The molecule has 0 saturated carbocycles. The van der Waals surface area contributed by atoms with Gasteiger partial charge in [-0.2, -0.15) is 0 Å². The second kappa shape index (κ2) is 12.0. The van der Waals surface area contributed by atoms with E-state index >= 15 is 0 Å². The molecule has 0 aromatic heterocycles. The van der Waals surface area contributed by atoms with Crippen LogP contribution >= 0.6 is 0 Å². The van der Waals surface area contributed by atoms with Crippen molar-refractivity contribution in [1.29, 1.82) is 0 Å². The van der Waals surface area contributed by atoms with Crippen LogP contribution in [-0.2, 0) is 4.79 Å². The predicted molar refractivity (Wildman–Crippen MR) is 61.9 cm³/mol. The van der Waals surface area contributed by atoms with Gasteiger partial charge in [0, 0.05) is 25.3 Å². The van der Waals surface area contributed by atoms with E-state index in [0.717, 1.165) is 12.8 Å². The topological polar surface area (TPSA) is 29.1 Å². The number of carbonyl (C=O) groups excluding carboxylic acids is 1. The number of rotatable bonds is 3. The van der Waals surface area contributed by atoms with Crippen molar-refractivity contribution in [2.75, 3.05) is 6.54 Å². The highest BCUT2D eigenvalue weighted by Crippen LogP contribution is 1.89. The Morgan fingerprint density at radius 3 is 2.29 bits per heavy atom. The van der Waals surface area contributed by atoms with Crippen LogP contribution in [0.1, 0.15) is 47.5 Å². The SMILES string of the molecule is CC.CCC#CCCNC(=O)C(C)C. The molecule has 2 nitrogen and oxygen atoms in total. The summed E-state index contributed by atoms with van der Waals surface area (Å²) in [7, 11) is 0. The first-order valence-electron chi connectivity index (χ1n) is 5.42. The number of carbonyl (C=O) groups is 1.